The highest BCUT2D eigenvalue weighted by Crippen LogP contribution is 2.41. The van der Waals surface area contributed by atoms with Crippen molar-refractivity contribution in [3.05, 3.63) is 95.4 Å². The van der Waals surface area contributed by atoms with E-state index in [0.29, 0.717) is 23.1 Å². The van der Waals surface area contributed by atoms with Gasteiger partial charge in [-0.25, -0.2) is 4.68 Å². The quantitative estimate of drug-likeness (QED) is 0.403. The summed E-state index contributed by atoms with van der Waals surface area (Å²) < 4.78 is 40.5. The number of hydrogen-bond donors (Lipinski definition) is 2. The maximum atomic E-state index is 13.9. The number of amides is 2. The smallest absolute Gasteiger partial charge is 0.338 e. The average Bonchev–Trinajstić information content (AvgIpc) is 3.58. The number of rotatable bonds is 6. The molecule has 5 rings (SSSR count). The Labute approximate surface area is 215 Å². The first-order valence-corrected chi connectivity index (χ1v) is 11.9. The molecule has 0 radical (unpaired) electrons. The molecule has 1 aliphatic rings. The number of nitrogens with two attached hydrogens (primary N) is 1. The summed E-state index contributed by atoms with van der Waals surface area (Å²) in [6, 6.07) is 16.4. The van der Waals surface area contributed by atoms with Crippen LogP contribution in [0.5, 0.6) is 0 Å². The first-order chi connectivity index (χ1) is 18.2. The molecular formula is C26H24F3N7O2. The van der Waals surface area contributed by atoms with E-state index in [0.717, 1.165) is 17.3 Å². The number of hydrogen-bond acceptors (Lipinski definition) is 5. The first-order valence-electron chi connectivity index (χ1n) is 11.9. The van der Waals surface area contributed by atoms with Crippen LogP contribution >= 0.6 is 0 Å². The monoisotopic (exact) mass is 523 g/mol. The summed E-state index contributed by atoms with van der Waals surface area (Å²) in [5.41, 5.74) is 8.34. The number of benzene rings is 2. The summed E-state index contributed by atoms with van der Waals surface area (Å²) in [5.74, 6) is -1.46. The molecule has 2 atom stereocenters. The van der Waals surface area contributed by atoms with Crippen LogP contribution in [0.1, 0.15) is 40.0 Å². The molecule has 2 aromatic carbocycles. The van der Waals surface area contributed by atoms with Crippen molar-refractivity contribution >= 4 is 17.6 Å². The van der Waals surface area contributed by atoms with Crippen molar-refractivity contribution in [3.8, 4) is 5.69 Å². The summed E-state index contributed by atoms with van der Waals surface area (Å²) in [5, 5.41) is 10.6. The average molecular weight is 524 g/mol. The summed E-state index contributed by atoms with van der Waals surface area (Å²) in [4.78, 5) is 28.5. The molecule has 9 nitrogen and oxygen atoms in total. The zero-order chi connectivity index (χ0) is 27.0. The Morgan fingerprint density at radius 1 is 1.11 bits per heavy atom. The molecule has 0 saturated carbocycles. The zero-order valence-corrected chi connectivity index (χ0v) is 20.3. The van der Waals surface area contributed by atoms with Gasteiger partial charge in [-0.2, -0.15) is 14.9 Å². The Morgan fingerprint density at radius 2 is 1.87 bits per heavy atom. The molecule has 2 aromatic heterocycles. The number of para-hydroxylation sites is 1. The molecular weight excluding hydrogens is 499 g/mol. The number of nitrogens with one attached hydrogen (secondary N) is 1. The van der Waals surface area contributed by atoms with E-state index in [1.54, 1.807) is 23.9 Å². The molecule has 1 aliphatic heterocycles. The second kappa shape index (κ2) is 9.78. The fourth-order valence-electron chi connectivity index (χ4n) is 4.73. The van der Waals surface area contributed by atoms with Crippen molar-refractivity contribution in [3.63, 3.8) is 0 Å². The number of fused-ring (bicyclic) bond motifs is 1. The Hall–Kier alpha value is -4.45. The fraction of sp³-hybridized carbons (Fsp3) is 0.231. The normalized spacial score (nSPS) is 17.4. The van der Waals surface area contributed by atoms with Crippen LogP contribution in [-0.4, -0.2) is 44.0 Å². The maximum absolute atomic E-state index is 13.9. The van der Waals surface area contributed by atoms with E-state index in [1.165, 1.54) is 4.90 Å². The summed E-state index contributed by atoms with van der Waals surface area (Å²) in [6.07, 6.45) is -2.47. The minimum Gasteiger partial charge on any atom is -0.338 e. The van der Waals surface area contributed by atoms with Crippen LogP contribution in [-0.2, 0) is 17.6 Å². The predicted molar refractivity (Wildman–Crippen MR) is 133 cm³/mol. The van der Waals surface area contributed by atoms with E-state index in [1.807, 2.05) is 48.5 Å². The van der Waals surface area contributed by atoms with Crippen molar-refractivity contribution in [2.75, 3.05) is 11.4 Å². The van der Waals surface area contributed by atoms with Crippen molar-refractivity contribution < 1.29 is 22.8 Å². The first kappa shape index (κ1) is 25.2. The van der Waals surface area contributed by atoms with Gasteiger partial charge in [-0.3, -0.25) is 14.5 Å². The molecule has 38 heavy (non-hydrogen) atoms. The third kappa shape index (κ3) is 4.43. The van der Waals surface area contributed by atoms with Gasteiger partial charge >= 0.3 is 6.30 Å². The second-order valence-electron chi connectivity index (χ2n) is 8.74. The number of likely N-dealkylation sites (N-methyl/N-ethyl adjacent to an activating group) is 1. The molecule has 0 fully saturated rings. The number of nitrogens with zero attached hydrogens (tertiary/aromatic N) is 5. The van der Waals surface area contributed by atoms with Crippen LogP contribution in [0.25, 0.3) is 5.69 Å². The van der Waals surface area contributed by atoms with E-state index in [2.05, 4.69) is 15.5 Å². The highest BCUT2D eigenvalue weighted by Gasteiger charge is 2.44. The molecule has 0 saturated heterocycles. The number of carbonyl (C=O) groups is 2. The van der Waals surface area contributed by atoms with Crippen molar-refractivity contribution in [1.82, 2.24) is 24.9 Å². The lowest BCUT2D eigenvalue weighted by atomic mass is 9.82. The minimum absolute atomic E-state index is 0.257. The predicted octanol–water partition coefficient (Wildman–Crippen LogP) is 3.30. The molecule has 196 valence electrons. The number of halogens is 3. The second-order valence-corrected chi connectivity index (χ2v) is 8.74. The van der Waals surface area contributed by atoms with Gasteiger partial charge in [-0.05, 0) is 36.2 Å². The van der Waals surface area contributed by atoms with Crippen LogP contribution in [0.3, 0.4) is 0 Å². The highest BCUT2D eigenvalue weighted by molar-refractivity contribution is 6.04. The van der Waals surface area contributed by atoms with Gasteiger partial charge < -0.3 is 11.1 Å². The largest absolute Gasteiger partial charge is 0.504 e. The van der Waals surface area contributed by atoms with Crippen molar-refractivity contribution in [2.45, 2.75) is 31.7 Å². The van der Waals surface area contributed by atoms with Gasteiger partial charge in [0.1, 0.15) is 17.6 Å². The molecule has 0 aliphatic carbocycles. The van der Waals surface area contributed by atoms with Crippen LogP contribution in [0, 0.1) is 0 Å². The number of carbonyl (C=O) groups excluding carboxylic acids is 2. The summed E-state index contributed by atoms with van der Waals surface area (Å²) in [7, 11) is 0. The summed E-state index contributed by atoms with van der Waals surface area (Å²) in [6.45, 7) is 2.33. The lowest BCUT2D eigenvalue weighted by molar-refractivity contribution is -0.212. The van der Waals surface area contributed by atoms with Crippen LogP contribution in [0.2, 0.25) is 0 Å². The van der Waals surface area contributed by atoms with Crippen LogP contribution in [0.15, 0.2) is 73.1 Å². The Balaban J connectivity index is 1.62. The number of aromatic nitrogens is 4. The minimum atomic E-state index is -4.77. The molecule has 2 amide bonds. The Bertz CT molecular complexity index is 1480. The molecule has 3 N–H and O–H groups in total. The zero-order valence-electron chi connectivity index (χ0n) is 20.3. The van der Waals surface area contributed by atoms with Gasteiger partial charge in [-0.15, -0.1) is 13.2 Å². The van der Waals surface area contributed by atoms with E-state index < -0.39 is 35.8 Å². The van der Waals surface area contributed by atoms with E-state index >= 15 is 0 Å². The molecule has 12 heteroatoms. The topological polar surface area (TPSA) is 111 Å². The molecule has 0 bridgehead atoms. The standard InChI is InChI=1S/C26H24F3N7O2/c1-2-34-24-19(15-31-36(24)18-9-4-3-5-10-18)21(17-8-6-7-16(13-17)14-30)22(25(34)38)32-23(37)20-11-12-35(33-20)26(27,28)29/h3-13,15,21-22H,2,14,30H2,1H3,(H,32,37)/t21-,22+/m1/s1. The fourth-order valence-corrected chi connectivity index (χ4v) is 4.73. The molecule has 0 spiro atoms. The van der Waals surface area contributed by atoms with E-state index in [-0.39, 0.29) is 17.8 Å². The van der Waals surface area contributed by atoms with Gasteiger partial charge in [-0.1, -0.05) is 42.5 Å². The molecule has 4 aromatic rings. The van der Waals surface area contributed by atoms with Crippen molar-refractivity contribution in [2.24, 2.45) is 5.73 Å². The van der Waals surface area contributed by atoms with Gasteiger partial charge in [0.05, 0.1) is 11.9 Å². The molecule has 0 unspecified atom stereocenters. The van der Waals surface area contributed by atoms with Gasteiger partial charge in [0.25, 0.3) is 11.8 Å². The lowest BCUT2D eigenvalue weighted by Crippen LogP contribution is -2.55. The van der Waals surface area contributed by atoms with Gasteiger partial charge in [0.15, 0.2) is 0 Å². The van der Waals surface area contributed by atoms with E-state index in [9.17, 15) is 22.8 Å². The maximum Gasteiger partial charge on any atom is 0.504 e. The SMILES string of the molecule is CCN1C(=O)[C@@H](NC(=O)c2ccn(C(F)(F)F)n2)[C@H](c2cccc(CN)c2)c2cnn(-c3ccccc3)c21. The van der Waals surface area contributed by atoms with Crippen LogP contribution < -0.4 is 16.0 Å². The third-order valence-electron chi connectivity index (χ3n) is 6.46. The Morgan fingerprint density at radius 3 is 2.53 bits per heavy atom. The van der Waals surface area contributed by atoms with Gasteiger partial charge in [0, 0.05) is 30.8 Å². The molecule has 3 heterocycles. The lowest BCUT2D eigenvalue weighted by Gasteiger charge is -2.38. The number of anilines is 1. The summed E-state index contributed by atoms with van der Waals surface area (Å²) >= 11 is 0. The Kier molecular flexibility index (Phi) is 6.49. The van der Waals surface area contributed by atoms with Crippen molar-refractivity contribution in [1.29, 1.82) is 0 Å². The van der Waals surface area contributed by atoms with E-state index in [4.69, 9.17) is 5.73 Å². The third-order valence-corrected chi connectivity index (χ3v) is 6.46. The number of alkyl halides is 3. The van der Waals surface area contributed by atoms with Gasteiger partial charge in [0.2, 0.25) is 0 Å². The highest BCUT2D eigenvalue weighted by atomic mass is 19.4. The van der Waals surface area contributed by atoms with Crippen LogP contribution in [0.4, 0.5) is 19.0 Å².